The van der Waals surface area contributed by atoms with E-state index >= 15 is 0 Å². The molecule has 1 aliphatic rings. The van der Waals surface area contributed by atoms with Gasteiger partial charge in [0.25, 0.3) is 0 Å². The molecule has 1 aromatic heterocycles. The quantitative estimate of drug-likeness (QED) is 0.426. The molecule has 0 spiro atoms. The number of anilines is 1. The highest BCUT2D eigenvalue weighted by molar-refractivity contribution is 7.84. The monoisotopic (exact) mass is 500 g/mol. The van der Waals surface area contributed by atoms with Gasteiger partial charge in [-0.2, -0.15) is 0 Å². The first-order valence-electron chi connectivity index (χ1n) is 10.2. The van der Waals surface area contributed by atoms with Crippen molar-refractivity contribution in [2.75, 3.05) is 18.0 Å². The second kappa shape index (κ2) is 9.91. The minimum absolute atomic E-state index is 0.00871. The fourth-order valence-electron chi connectivity index (χ4n) is 3.66. The number of phenols is 1. The van der Waals surface area contributed by atoms with Crippen LogP contribution in [0.2, 0.25) is 10.0 Å². The molecule has 0 saturated carbocycles. The van der Waals surface area contributed by atoms with E-state index in [9.17, 15) is 19.4 Å². The number of nitrogens with zero attached hydrogens (tertiary/aromatic N) is 3. The molecule has 3 rings (SSSR count). The summed E-state index contributed by atoms with van der Waals surface area (Å²) in [5.74, 6) is 0.397. The lowest BCUT2D eigenvalue weighted by atomic mass is 9.85. The van der Waals surface area contributed by atoms with Crippen molar-refractivity contribution in [2.24, 2.45) is 5.92 Å². The smallest absolute Gasteiger partial charge is 0.365 e. The summed E-state index contributed by atoms with van der Waals surface area (Å²) < 4.78 is 15.6. The van der Waals surface area contributed by atoms with E-state index < -0.39 is 26.7 Å². The van der Waals surface area contributed by atoms with Gasteiger partial charge in [-0.25, -0.2) is 8.93 Å². The third-order valence-electron chi connectivity index (χ3n) is 5.44. The van der Waals surface area contributed by atoms with Crippen molar-refractivity contribution in [3.63, 3.8) is 0 Å². The van der Waals surface area contributed by atoms with Gasteiger partial charge in [-0.3, -0.25) is 0 Å². The number of hydrogen-bond donors (Lipinski definition) is 2. The molecule has 2 aromatic rings. The molecular formula is C21H26Cl2N4O4S. The summed E-state index contributed by atoms with van der Waals surface area (Å²) in [7, 11) is -1.38. The summed E-state index contributed by atoms with van der Waals surface area (Å²) in [5.41, 5.74) is 0.545. The van der Waals surface area contributed by atoms with E-state index in [0.29, 0.717) is 42.3 Å². The van der Waals surface area contributed by atoms with Gasteiger partial charge >= 0.3 is 5.82 Å². The molecule has 11 heteroatoms. The lowest BCUT2D eigenvalue weighted by molar-refractivity contribution is -0.389. The molecule has 1 aromatic carbocycles. The van der Waals surface area contributed by atoms with Crippen molar-refractivity contribution in [2.45, 2.75) is 44.4 Å². The number of halogens is 2. The van der Waals surface area contributed by atoms with E-state index in [-0.39, 0.29) is 22.5 Å². The normalized spacial score (nSPS) is 17.2. The summed E-state index contributed by atoms with van der Waals surface area (Å²) in [6.07, 6.45) is 1.39. The van der Waals surface area contributed by atoms with Gasteiger partial charge in [0.05, 0.1) is 31.8 Å². The Morgan fingerprint density at radius 3 is 2.47 bits per heavy atom. The standard InChI is InChI=1S/C21H26Cl2N4O4S/c1-21(2,3)32(31)25-20(14-11-15(22)16(23)12-17(14)28)13-7-9-26(10-8-13)18-5-4-6-19(24-18)27(29)30/h4-6,11-13,20,25,28H,7-10H2,1-3H3/t20-,32?/m1/s1. The highest BCUT2D eigenvalue weighted by Gasteiger charge is 2.34. The van der Waals surface area contributed by atoms with E-state index in [4.69, 9.17) is 23.2 Å². The highest BCUT2D eigenvalue weighted by Crippen LogP contribution is 2.40. The Morgan fingerprint density at radius 2 is 1.88 bits per heavy atom. The molecule has 0 bridgehead atoms. The van der Waals surface area contributed by atoms with Gasteiger partial charge in [0.1, 0.15) is 5.75 Å². The van der Waals surface area contributed by atoms with E-state index in [2.05, 4.69) is 9.71 Å². The second-order valence-electron chi connectivity index (χ2n) is 8.74. The Kier molecular flexibility index (Phi) is 7.65. The van der Waals surface area contributed by atoms with Gasteiger partial charge in [0.15, 0.2) is 0 Å². The Labute approximate surface area is 199 Å². The Hall–Kier alpha value is -1.94. The predicted molar refractivity (Wildman–Crippen MR) is 128 cm³/mol. The predicted octanol–water partition coefficient (Wildman–Crippen LogP) is 5.01. The van der Waals surface area contributed by atoms with Crippen LogP contribution >= 0.6 is 23.2 Å². The molecule has 2 N–H and O–H groups in total. The molecule has 1 saturated heterocycles. The number of pyridine rings is 1. The largest absolute Gasteiger partial charge is 0.508 e. The first-order valence-corrected chi connectivity index (χ1v) is 12.1. The molecule has 0 aliphatic carbocycles. The molecule has 1 fully saturated rings. The van der Waals surface area contributed by atoms with Crippen LogP contribution in [0.3, 0.4) is 0 Å². The highest BCUT2D eigenvalue weighted by atomic mass is 35.5. The Morgan fingerprint density at radius 1 is 1.25 bits per heavy atom. The summed E-state index contributed by atoms with van der Waals surface area (Å²) in [6, 6.07) is 7.34. The van der Waals surface area contributed by atoms with Gasteiger partial charge in [0, 0.05) is 36.9 Å². The fraction of sp³-hybridized carbons (Fsp3) is 0.476. The van der Waals surface area contributed by atoms with Crippen molar-refractivity contribution in [1.82, 2.24) is 9.71 Å². The Balaban J connectivity index is 1.84. The molecule has 32 heavy (non-hydrogen) atoms. The maximum atomic E-state index is 12.9. The zero-order chi connectivity index (χ0) is 23.6. The molecule has 1 aliphatic heterocycles. The number of nitro groups is 1. The average Bonchev–Trinajstić information content (AvgIpc) is 2.74. The molecular weight excluding hydrogens is 475 g/mol. The van der Waals surface area contributed by atoms with Crippen molar-refractivity contribution in [3.8, 4) is 5.75 Å². The first-order chi connectivity index (χ1) is 15.0. The maximum absolute atomic E-state index is 12.9. The van der Waals surface area contributed by atoms with Gasteiger partial charge < -0.3 is 20.1 Å². The van der Waals surface area contributed by atoms with Crippen molar-refractivity contribution in [1.29, 1.82) is 0 Å². The van der Waals surface area contributed by atoms with Crippen LogP contribution in [-0.2, 0) is 11.0 Å². The minimum Gasteiger partial charge on any atom is -0.508 e. The number of hydrogen-bond acceptors (Lipinski definition) is 6. The lowest BCUT2D eigenvalue weighted by Gasteiger charge is -2.37. The van der Waals surface area contributed by atoms with Crippen LogP contribution in [0.4, 0.5) is 11.6 Å². The van der Waals surface area contributed by atoms with Crippen LogP contribution in [0.15, 0.2) is 30.3 Å². The molecule has 2 atom stereocenters. The fourth-order valence-corrected chi connectivity index (χ4v) is 4.89. The number of phenolic OH excluding ortho intramolecular Hbond substituents is 1. The summed E-state index contributed by atoms with van der Waals surface area (Å²) in [4.78, 5) is 16.7. The van der Waals surface area contributed by atoms with Gasteiger partial charge in [-0.15, -0.1) is 0 Å². The van der Waals surface area contributed by atoms with Gasteiger partial charge in [0.2, 0.25) is 5.82 Å². The summed E-state index contributed by atoms with van der Waals surface area (Å²) in [5, 5.41) is 22.2. The van der Waals surface area contributed by atoms with Crippen LogP contribution in [0.25, 0.3) is 0 Å². The topological polar surface area (TPSA) is 109 Å². The van der Waals surface area contributed by atoms with Crippen LogP contribution in [0, 0.1) is 16.0 Å². The number of nitrogens with one attached hydrogen (secondary N) is 1. The first kappa shape index (κ1) is 24.7. The van der Waals surface area contributed by atoms with E-state index in [1.165, 1.54) is 12.1 Å². The number of piperidine rings is 1. The molecule has 174 valence electrons. The van der Waals surface area contributed by atoms with Crippen molar-refractivity contribution in [3.05, 3.63) is 56.1 Å². The third kappa shape index (κ3) is 5.70. The molecule has 0 radical (unpaired) electrons. The van der Waals surface area contributed by atoms with Crippen LogP contribution in [0.1, 0.15) is 45.2 Å². The summed E-state index contributed by atoms with van der Waals surface area (Å²) >= 11 is 12.3. The average molecular weight is 501 g/mol. The van der Waals surface area contributed by atoms with Crippen LogP contribution < -0.4 is 9.62 Å². The van der Waals surface area contributed by atoms with Crippen molar-refractivity contribution >= 4 is 45.8 Å². The number of aromatic nitrogens is 1. The van der Waals surface area contributed by atoms with E-state index in [1.54, 1.807) is 18.2 Å². The molecule has 2 heterocycles. The van der Waals surface area contributed by atoms with Gasteiger partial charge in [-0.05, 0) is 61.6 Å². The van der Waals surface area contributed by atoms with Gasteiger partial charge in [-0.1, -0.05) is 23.2 Å². The third-order valence-corrected chi connectivity index (χ3v) is 7.74. The molecule has 0 amide bonds. The van der Waals surface area contributed by atoms with E-state index in [1.807, 2.05) is 25.7 Å². The van der Waals surface area contributed by atoms with Crippen LogP contribution in [0.5, 0.6) is 5.75 Å². The second-order valence-corrected chi connectivity index (χ2v) is 11.5. The number of rotatable bonds is 6. The minimum atomic E-state index is -1.38. The van der Waals surface area contributed by atoms with Crippen LogP contribution in [-0.4, -0.2) is 37.1 Å². The molecule has 1 unspecified atom stereocenters. The number of benzene rings is 1. The lowest BCUT2D eigenvalue weighted by Crippen LogP contribution is -2.43. The Bertz CT molecular complexity index is 1020. The molecule has 8 nitrogen and oxygen atoms in total. The van der Waals surface area contributed by atoms with Crippen molar-refractivity contribution < 1.29 is 14.2 Å². The summed E-state index contributed by atoms with van der Waals surface area (Å²) in [6.45, 7) is 6.85. The van der Waals surface area contributed by atoms with E-state index in [0.717, 1.165) is 0 Å². The number of aromatic hydroxyl groups is 1. The maximum Gasteiger partial charge on any atom is 0.365 e. The zero-order valence-corrected chi connectivity index (χ0v) is 20.4. The zero-order valence-electron chi connectivity index (χ0n) is 18.0. The SMILES string of the molecule is CC(C)(C)S(=O)N[C@@H](c1cc(Cl)c(Cl)cc1O)C1CCN(c2cccc([N+](=O)[O-])n2)CC1.